The molecule has 0 amide bonds. The molecule has 0 N–H and O–H groups in total. The van der Waals surface area contributed by atoms with Crippen LogP contribution in [0.4, 0.5) is 5.82 Å². The van der Waals surface area contributed by atoms with Crippen molar-refractivity contribution in [2.45, 2.75) is 18.9 Å². The number of hydrogen-bond donors (Lipinski definition) is 0. The van der Waals surface area contributed by atoms with Crippen LogP contribution in [-0.2, 0) is 7.05 Å². The lowest BCUT2D eigenvalue weighted by Crippen LogP contribution is -2.41. The number of ether oxygens (including phenoxy) is 1. The van der Waals surface area contributed by atoms with Crippen molar-refractivity contribution in [1.82, 2.24) is 19.5 Å². The molecule has 0 bridgehead atoms. The number of rotatable bonds is 3. The third-order valence-electron chi connectivity index (χ3n) is 4.26. The Morgan fingerprint density at radius 1 is 1.26 bits per heavy atom. The highest BCUT2D eigenvalue weighted by atomic mass is 16.5. The van der Waals surface area contributed by atoms with Gasteiger partial charge in [0.05, 0.1) is 18.1 Å². The number of pyridine rings is 1. The smallest absolute Gasteiger partial charge is 0.145 e. The summed E-state index contributed by atoms with van der Waals surface area (Å²) in [6.07, 6.45) is 9.48. The maximum absolute atomic E-state index is 6.07. The lowest BCUT2D eigenvalue weighted by atomic mass is 10.1. The second-order valence-electron chi connectivity index (χ2n) is 5.88. The van der Waals surface area contributed by atoms with Crippen LogP contribution in [0.25, 0.3) is 11.0 Å². The van der Waals surface area contributed by atoms with Gasteiger partial charge in [-0.3, -0.25) is 4.98 Å². The van der Waals surface area contributed by atoms with Gasteiger partial charge in [-0.05, 0) is 31.0 Å². The molecule has 0 saturated carbocycles. The van der Waals surface area contributed by atoms with Crippen molar-refractivity contribution in [3.63, 3.8) is 0 Å². The van der Waals surface area contributed by atoms with Crippen molar-refractivity contribution in [2.75, 3.05) is 18.0 Å². The van der Waals surface area contributed by atoms with E-state index in [1.165, 1.54) is 0 Å². The summed E-state index contributed by atoms with van der Waals surface area (Å²) in [4.78, 5) is 15.3. The number of anilines is 1. The van der Waals surface area contributed by atoms with E-state index in [1.807, 2.05) is 29.9 Å². The lowest BCUT2D eigenvalue weighted by molar-refractivity contribution is 0.178. The molecule has 4 heterocycles. The molecule has 6 nitrogen and oxygen atoms in total. The van der Waals surface area contributed by atoms with E-state index < -0.39 is 0 Å². The van der Waals surface area contributed by atoms with Crippen molar-refractivity contribution >= 4 is 16.9 Å². The first-order chi connectivity index (χ1) is 11.3. The van der Waals surface area contributed by atoms with Gasteiger partial charge in [0, 0.05) is 26.0 Å². The number of piperidine rings is 1. The molecule has 3 aromatic rings. The van der Waals surface area contributed by atoms with Gasteiger partial charge < -0.3 is 14.2 Å². The zero-order chi connectivity index (χ0) is 15.6. The van der Waals surface area contributed by atoms with Crippen LogP contribution in [0.5, 0.6) is 5.75 Å². The molecule has 1 atom stereocenters. The fraction of sp³-hybridized carbons (Fsp3) is 0.353. The Bertz CT molecular complexity index is 801. The highest BCUT2D eigenvalue weighted by Crippen LogP contribution is 2.27. The van der Waals surface area contributed by atoms with Crippen molar-refractivity contribution < 1.29 is 4.74 Å². The van der Waals surface area contributed by atoms with Crippen molar-refractivity contribution in [3.8, 4) is 5.75 Å². The molecule has 1 aliphatic rings. The molecule has 1 fully saturated rings. The number of aryl methyl sites for hydroxylation is 1. The molecule has 0 radical (unpaired) electrons. The van der Waals surface area contributed by atoms with Crippen molar-refractivity contribution in [1.29, 1.82) is 0 Å². The first kappa shape index (κ1) is 14.0. The summed E-state index contributed by atoms with van der Waals surface area (Å²) in [5, 5.41) is 1.09. The number of nitrogens with zero attached hydrogens (tertiary/aromatic N) is 5. The number of hydrogen-bond acceptors (Lipinski definition) is 5. The van der Waals surface area contributed by atoms with Gasteiger partial charge in [0.15, 0.2) is 0 Å². The van der Waals surface area contributed by atoms with E-state index in [1.54, 1.807) is 18.7 Å². The molecular weight excluding hydrogens is 290 g/mol. The van der Waals surface area contributed by atoms with Crippen LogP contribution < -0.4 is 9.64 Å². The average molecular weight is 309 g/mol. The van der Waals surface area contributed by atoms with Crippen LogP contribution in [0.1, 0.15) is 12.8 Å². The van der Waals surface area contributed by atoms with Crippen LogP contribution in [0.3, 0.4) is 0 Å². The Kier molecular flexibility index (Phi) is 3.57. The summed E-state index contributed by atoms with van der Waals surface area (Å²) < 4.78 is 8.09. The van der Waals surface area contributed by atoms with Crippen LogP contribution >= 0.6 is 0 Å². The van der Waals surface area contributed by atoms with Crippen LogP contribution in [0.15, 0.2) is 43.1 Å². The van der Waals surface area contributed by atoms with E-state index in [0.29, 0.717) is 0 Å². The van der Waals surface area contributed by atoms with E-state index in [-0.39, 0.29) is 6.10 Å². The van der Waals surface area contributed by atoms with Gasteiger partial charge in [-0.2, -0.15) is 0 Å². The summed E-state index contributed by atoms with van der Waals surface area (Å²) in [7, 11) is 2.00. The molecule has 0 aliphatic carbocycles. The molecular formula is C17H19N5O. The summed E-state index contributed by atoms with van der Waals surface area (Å²) >= 11 is 0. The van der Waals surface area contributed by atoms with E-state index in [4.69, 9.17) is 4.74 Å². The topological polar surface area (TPSA) is 56.1 Å². The van der Waals surface area contributed by atoms with E-state index in [9.17, 15) is 0 Å². The van der Waals surface area contributed by atoms with Gasteiger partial charge in [-0.1, -0.05) is 0 Å². The van der Waals surface area contributed by atoms with Gasteiger partial charge in [0.1, 0.15) is 29.6 Å². The SMILES string of the molecule is Cn1ccc2c(N3CCCC(Oc4cccnc4)C3)ncnc21. The second-order valence-corrected chi connectivity index (χ2v) is 5.88. The molecule has 3 aromatic heterocycles. The molecule has 1 saturated heterocycles. The maximum Gasteiger partial charge on any atom is 0.145 e. The Morgan fingerprint density at radius 3 is 3.09 bits per heavy atom. The average Bonchev–Trinajstić information content (AvgIpc) is 2.98. The molecule has 0 spiro atoms. The number of fused-ring (bicyclic) bond motifs is 1. The van der Waals surface area contributed by atoms with E-state index in [0.717, 1.165) is 48.5 Å². The quantitative estimate of drug-likeness (QED) is 0.743. The van der Waals surface area contributed by atoms with Gasteiger partial charge in [0.25, 0.3) is 0 Å². The molecule has 1 unspecified atom stereocenters. The van der Waals surface area contributed by atoms with Crippen LogP contribution in [-0.4, -0.2) is 38.7 Å². The molecule has 23 heavy (non-hydrogen) atoms. The summed E-state index contributed by atoms with van der Waals surface area (Å²) in [6.45, 7) is 1.82. The van der Waals surface area contributed by atoms with Crippen LogP contribution in [0, 0.1) is 0 Å². The molecule has 118 valence electrons. The summed E-state index contributed by atoms with van der Waals surface area (Å²) in [6, 6.07) is 5.93. The Labute approximate surface area is 134 Å². The third-order valence-corrected chi connectivity index (χ3v) is 4.26. The highest BCUT2D eigenvalue weighted by Gasteiger charge is 2.24. The summed E-state index contributed by atoms with van der Waals surface area (Å²) in [5.41, 5.74) is 0.963. The Hall–Kier alpha value is -2.63. The molecule has 6 heteroatoms. The zero-order valence-corrected chi connectivity index (χ0v) is 13.1. The number of aromatic nitrogens is 4. The highest BCUT2D eigenvalue weighted by molar-refractivity contribution is 5.87. The largest absolute Gasteiger partial charge is 0.487 e. The molecule has 1 aliphatic heterocycles. The fourth-order valence-electron chi connectivity index (χ4n) is 3.15. The predicted octanol–water partition coefficient (Wildman–Crippen LogP) is 2.41. The minimum Gasteiger partial charge on any atom is -0.487 e. The monoisotopic (exact) mass is 309 g/mol. The summed E-state index contributed by atoms with van der Waals surface area (Å²) in [5.74, 6) is 1.82. The van der Waals surface area contributed by atoms with Gasteiger partial charge in [0.2, 0.25) is 0 Å². The Balaban J connectivity index is 1.57. The predicted molar refractivity (Wildman–Crippen MR) is 88.6 cm³/mol. The fourth-order valence-corrected chi connectivity index (χ4v) is 3.15. The first-order valence-electron chi connectivity index (χ1n) is 7.89. The molecule has 4 rings (SSSR count). The van der Waals surface area contributed by atoms with Crippen molar-refractivity contribution in [3.05, 3.63) is 43.1 Å². The van der Waals surface area contributed by atoms with Gasteiger partial charge >= 0.3 is 0 Å². The van der Waals surface area contributed by atoms with Gasteiger partial charge in [-0.25, -0.2) is 9.97 Å². The third kappa shape index (κ3) is 2.72. The minimum absolute atomic E-state index is 0.154. The molecule has 0 aromatic carbocycles. The first-order valence-corrected chi connectivity index (χ1v) is 7.89. The minimum atomic E-state index is 0.154. The van der Waals surface area contributed by atoms with Crippen molar-refractivity contribution in [2.24, 2.45) is 7.05 Å². The maximum atomic E-state index is 6.07. The Morgan fingerprint density at radius 2 is 2.22 bits per heavy atom. The lowest BCUT2D eigenvalue weighted by Gasteiger charge is -2.33. The van der Waals surface area contributed by atoms with E-state index >= 15 is 0 Å². The second kappa shape index (κ2) is 5.87. The van der Waals surface area contributed by atoms with Gasteiger partial charge in [-0.15, -0.1) is 0 Å². The zero-order valence-electron chi connectivity index (χ0n) is 13.1. The standard InChI is InChI=1S/C17H19N5O/c1-21-9-6-15-16(21)19-12-20-17(15)22-8-3-5-14(11-22)23-13-4-2-7-18-10-13/h2,4,6-7,9-10,12,14H,3,5,8,11H2,1H3. The normalized spacial score (nSPS) is 18.3. The van der Waals surface area contributed by atoms with Crippen LogP contribution in [0.2, 0.25) is 0 Å². The van der Waals surface area contributed by atoms with E-state index in [2.05, 4.69) is 25.9 Å².